The number of nitrogens with zero attached hydrogens (tertiary/aromatic N) is 3. The summed E-state index contributed by atoms with van der Waals surface area (Å²) in [4.78, 5) is 8.14. The molecule has 0 aromatic carbocycles. The van der Waals surface area contributed by atoms with Gasteiger partial charge in [0.1, 0.15) is 0 Å². The van der Waals surface area contributed by atoms with E-state index in [-0.39, 0.29) is 0 Å². The highest BCUT2D eigenvalue weighted by Gasteiger charge is 2.10. The van der Waals surface area contributed by atoms with E-state index in [4.69, 9.17) is 10.3 Å². The largest absolute Gasteiger partial charge is 0.397 e. The average Bonchev–Trinajstić information content (AvgIpc) is 2.68. The molecule has 0 saturated carbocycles. The number of aryl methyl sites for hydroxylation is 1. The van der Waals surface area contributed by atoms with Crippen molar-refractivity contribution < 1.29 is 4.52 Å². The zero-order chi connectivity index (χ0) is 10.7. The fraction of sp³-hybridized carbons (Fsp3) is 0.300. The topological polar surface area (TPSA) is 77.8 Å². The van der Waals surface area contributed by atoms with E-state index in [1.807, 2.05) is 0 Å². The Labute approximate surface area is 87.3 Å². The summed E-state index contributed by atoms with van der Waals surface area (Å²) in [6, 6.07) is 1.76. The number of pyridine rings is 1. The van der Waals surface area contributed by atoms with Gasteiger partial charge in [-0.1, -0.05) is 12.1 Å². The summed E-state index contributed by atoms with van der Waals surface area (Å²) in [5, 5.41) is 3.86. The van der Waals surface area contributed by atoms with Crippen LogP contribution in [0.4, 0.5) is 5.69 Å². The van der Waals surface area contributed by atoms with Crippen LogP contribution < -0.4 is 5.73 Å². The number of nitrogen functional groups attached to an aromatic ring is 1. The van der Waals surface area contributed by atoms with E-state index >= 15 is 0 Å². The standard InChI is InChI=1S/C10H12N4O/c1-2-3-9-13-10(15-14-9)7-4-5-12-6-8(7)11/h4-6H,2-3,11H2,1H3. The van der Waals surface area contributed by atoms with Gasteiger partial charge in [0.2, 0.25) is 0 Å². The van der Waals surface area contributed by atoms with E-state index in [0.717, 1.165) is 18.4 Å². The van der Waals surface area contributed by atoms with Gasteiger partial charge in [0, 0.05) is 12.6 Å². The molecule has 2 aromatic heterocycles. The number of aromatic nitrogens is 3. The van der Waals surface area contributed by atoms with Crippen molar-refractivity contribution in [3.8, 4) is 11.5 Å². The van der Waals surface area contributed by atoms with Gasteiger partial charge in [-0.25, -0.2) is 0 Å². The van der Waals surface area contributed by atoms with E-state index in [2.05, 4.69) is 22.0 Å². The Kier molecular flexibility index (Phi) is 2.62. The van der Waals surface area contributed by atoms with Gasteiger partial charge in [0.05, 0.1) is 17.4 Å². The van der Waals surface area contributed by atoms with Crippen molar-refractivity contribution >= 4 is 5.69 Å². The second kappa shape index (κ2) is 4.08. The van der Waals surface area contributed by atoms with E-state index < -0.39 is 0 Å². The van der Waals surface area contributed by atoms with Crippen molar-refractivity contribution in [2.45, 2.75) is 19.8 Å². The average molecular weight is 204 g/mol. The van der Waals surface area contributed by atoms with Gasteiger partial charge in [-0.3, -0.25) is 4.98 Å². The molecule has 2 heterocycles. The number of nitrogens with two attached hydrogens (primary N) is 1. The molecule has 0 spiro atoms. The fourth-order valence-electron chi connectivity index (χ4n) is 1.29. The Morgan fingerprint density at radius 2 is 2.33 bits per heavy atom. The highest BCUT2D eigenvalue weighted by atomic mass is 16.5. The Hall–Kier alpha value is -1.91. The molecule has 0 bridgehead atoms. The molecular formula is C10H12N4O. The number of rotatable bonds is 3. The molecule has 5 nitrogen and oxygen atoms in total. The number of anilines is 1. The van der Waals surface area contributed by atoms with E-state index in [1.54, 1.807) is 18.5 Å². The summed E-state index contributed by atoms with van der Waals surface area (Å²) in [5.41, 5.74) is 7.03. The van der Waals surface area contributed by atoms with E-state index in [1.165, 1.54) is 0 Å². The molecule has 0 amide bonds. The molecule has 0 saturated heterocycles. The molecule has 0 unspecified atom stereocenters. The Morgan fingerprint density at radius 1 is 1.47 bits per heavy atom. The molecule has 5 heteroatoms. The summed E-state index contributed by atoms with van der Waals surface area (Å²) in [7, 11) is 0. The van der Waals surface area contributed by atoms with Crippen molar-refractivity contribution in [1.82, 2.24) is 15.1 Å². The molecule has 2 N–H and O–H groups in total. The molecule has 78 valence electrons. The molecule has 0 atom stereocenters. The molecule has 0 aliphatic heterocycles. The van der Waals surface area contributed by atoms with Crippen LogP contribution in [0.2, 0.25) is 0 Å². The van der Waals surface area contributed by atoms with Crippen LogP contribution in [0.1, 0.15) is 19.2 Å². The van der Waals surface area contributed by atoms with Gasteiger partial charge in [-0.05, 0) is 12.5 Å². The third-order valence-corrected chi connectivity index (χ3v) is 2.02. The van der Waals surface area contributed by atoms with Gasteiger partial charge in [0.25, 0.3) is 5.89 Å². The molecule has 0 aliphatic rings. The highest BCUT2D eigenvalue weighted by molar-refractivity contribution is 5.68. The first-order valence-electron chi connectivity index (χ1n) is 4.83. The lowest BCUT2D eigenvalue weighted by Gasteiger charge is -1.96. The van der Waals surface area contributed by atoms with Crippen molar-refractivity contribution in [2.24, 2.45) is 0 Å². The summed E-state index contributed by atoms with van der Waals surface area (Å²) in [6.45, 7) is 2.07. The lowest BCUT2D eigenvalue weighted by Crippen LogP contribution is -1.91. The van der Waals surface area contributed by atoms with Gasteiger partial charge in [-0.2, -0.15) is 4.98 Å². The molecule has 2 rings (SSSR count). The van der Waals surface area contributed by atoms with Crippen LogP contribution in [-0.2, 0) is 6.42 Å². The SMILES string of the molecule is CCCc1noc(-c2ccncc2N)n1. The number of hydrogen-bond donors (Lipinski definition) is 1. The first-order valence-corrected chi connectivity index (χ1v) is 4.83. The van der Waals surface area contributed by atoms with Crippen LogP contribution in [-0.4, -0.2) is 15.1 Å². The van der Waals surface area contributed by atoms with Gasteiger partial charge >= 0.3 is 0 Å². The van der Waals surface area contributed by atoms with Crippen LogP contribution >= 0.6 is 0 Å². The van der Waals surface area contributed by atoms with Gasteiger partial charge in [0.15, 0.2) is 5.82 Å². The summed E-state index contributed by atoms with van der Waals surface area (Å²) < 4.78 is 5.12. The minimum absolute atomic E-state index is 0.457. The first kappa shape index (κ1) is 9.64. The van der Waals surface area contributed by atoms with Crippen LogP contribution in [0.3, 0.4) is 0 Å². The van der Waals surface area contributed by atoms with Crippen molar-refractivity contribution in [3.63, 3.8) is 0 Å². The van der Waals surface area contributed by atoms with Crippen molar-refractivity contribution in [3.05, 3.63) is 24.3 Å². The smallest absolute Gasteiger partial charge is 0.260 e. The third-order valence-electron chi connectivity index (χ3n) is 2.02. The Balaban J connectivity index is 2.33. The molecule has 0 radical (unpaired) electrons. The van der Waals surface area contributed by atoms with Crippen molar-refractivity contribution in [2.75, 3.05) is 5.73 Å². The van der Waals surface area contributed by atoms with Gasteiger partial charge in [-0.15, -0.1) is 0 Å². The van der Waals surface area contributed by atoms with Crippen LogP contribution in [0, 0.1) is 0 Å². The number of hydrogen-bond acceptors (Lipinski definition) is 5. The zero-order valence-corrected chi connectivity index (χ0v) is 8.47. The second-order valence-corrected chi connectivity index (χ2v) is 3.23. The molecular weight excluding hydrogens is 192 g/mol. The molecule has 15 heavy (non-hydrogen) atoms. The van der Waals surface area contributed by atoms with E-state index in [0.29, 0.717) is 17.4 Å². The van der Waals surface area contributed by atoms with Gasteiger partial charge < -0.3 is 10.3 Å². The monoisotopic (exact) mass is 204 g/mol. The molecule has 0 aliphatic carbocycles. The summed E-state index contributed by atoms with van der Waals surface area (Å²) in [6.07, 6.45) is 5.02. The van der Waals surface area contributed by atoms with E-state index in [9.17, 15) is 0 Å². The first-order chi connectivity index (χ1) is 7.31. The predicted octanol–water partition coefficient (Wildman–Crippen LogP) is 1.67. The Bertz CT molecular complexity index is 452. The maximum atomic E-state index is 5.75. The maximum absolute atomic E-state index is 5.75. The lowest BCUT2D eigenvalue weighted by molar-refractivity contribution is 0.422. The van der Waals surface area contributed by atoms with Crippen LogP contribution in [0.25, 0.3) is 11.5 Å². The quantitative estimate of drug-likeness (QED) is 0.822. The minimum atomic E-state index is 0.457. The Morgan fingerprint density at radius 3 is 3.07 bits per heavy atom. The maximum Gasteiger partial charge on any atom is 0.260 e. The normalized spacial score (nSPS) is 10.5. The lowest BCUT2D eigenvalue weighted by atomic mass is 10.2. The highest BCUT2D eigenvalue weighted by Crippen LogP contribution is 2.22. The van der Waals surface area contributed by atoms with Crippen LogP contribution in [0.15, 0.2) is 23.0 Å². The summed E-state index contributed by atoms with van der Waals surface area (Å²) >= 11 is 0. The molecule has 0 fully saturated rings. The third kappa shape index (κ3) is 1.96. The summed E-state index contributed by atoms with van der Waals surface area (Å²) in [5.74, 6) is 1.17. The predicted molar refractivity (Wildman–Crippen MR) is 55.9 cm³/mol. The van der Waals surface area contributed by atoms with Crippen LogP contribution in [0.5, 0.6) is 0 Å². The van der Waals surface area contributed by atoms with Crippen molar-refractivity contribution in [1.29, 1.82) is 0 Å². The minimum Gasteiger partial charge on any atom is -0.397 e. The second-order valence-electron chi connectivity index (χ2n) is 3.23. The molecule has 2 aromatic rings. The zero-order valence-electron chi connectivity index (χ0n) is 8.47. The fourth-order valence-corrected chi connectivity index (χ4v) is 1.29.